The lowest BCUT2D eigenvalue weighted by Gasteiger charge is -2.23. The number of fused-ring (bicyclic) bond motifs is 1. The summed E-state index contributed by atoms with van der Waals surface area (Å²) in [6.07, 6.45) is -2.59. The number of halogens is 5. The number of hydrogen-bond donors (Lipinski definition) is 2. The molecular weight excluding hydrogens is 539 g/mol. The molecule has 1 aliphatic rings. The van der Waals surface area contributed by atoms with E-state index in [1.807, 2.05) is 0 Å². The first-order valence-electron chi connectivity index (χ1n) is 12.0. The van der Waals surface area contributed by atoms with Gasteiger partial charge in [0.05, 0.1) is 36.1 Å². The van der Waals surface area contributed by atoms with Gasteiger partial charge in [-0.05, 0) is 31.2 Å². The minimum Gasteiger partial charge on any atom is -0.480 e. The van der Waals surface area contributed by atoms with Crippen molar-refractivity contribution in [2.24, 2.45) is 0 Å². The first-order chi connectivity index (χ1) is 19.0. The van der Waals surface area contributed by atoms with Crippen LogP contribution in [-0.2, 0) is 6.18 Å². The van der Waals surface area contributed by atoms with Crippen LogP contribution in [0.2, 0.25) is 0 Å². The average Bonchev–Trinajstić information content (AvgIpc) is 3.50. The molecule has 0 aliphatic carbocycles. The van der Waals surface area contributed by atoms with Gasteiger partial charge in [-0.2, -0.15) is 18.3 Å². The second-order valence-electron chi connectivity index (χ2n) is 9.22. The van der Waals surface area contributed by atoms with Crippen LogP contribution in [0, 0.1) is 5.82 Å². The SMILES string of the molecule is COc1ncc(-c2cc(C(F)(F)F)c3c(N)ncnn23)cc1C(=O)N[C@@H]1CN(C(C)c2ncccc2F)C[C@@H]1F. The molecular formula is C25H23F5N8O2. The van der Waals surface area contributed by atoms with Gasteiger partial charge in [-0.3, -0.25) is 14.7 Å². The molecule has 40 heavy (non-hydrogen) atoms. The molecule has 0 spiro atoms. The summed E-state index contributed by atoms with van der Waals surface area (Å²) >= 11 is 0. The number of amides is 1. The van der Waals surface area contributed by atoms with Crippen LogP contribution in [0.4, 0.5) is 27.8 Å². The molecule has 5 heterocycles. The molecule has 1 saturated heterocycles. The number of likely N-dealkylation sites (tertiary alicyclic amines) is 1. The Bertz CT molecular complexity index is 1580. The van der Waals surface area contributed by atoms with Crippen molar-refractivity contribution >= 4 is 17.2 Å². The van der Waals surface area contributed by atoms with Crippen molar-refractivity contribution in [3.05, 3.63) is 65.6 Å². The van der Waals surface area contributed by atoms with E-state index in [9.17, 15) is 26.7 Å². The molecule has 3 atom stereocenters. The predicted molar refractivity (Wildman–Crippen MR) is 133 cm³/mol. The van der Waals surface area contributed by atoms with Gasteiger partial charge in [0.15, 0.2) is 5.82 Å². The second kappa shape index (κ2) is 10.3. The molecule has 0 radical (unpaired) electrons. The summed E-state index contributed by atoms with van der Waals surface area (Å²) in [6, 6.07) is 3.30. The van der Waals surface area contributed by atoms with E-state index in [1.165, 1.54) is 37.7 Å². The van der Waals surface area contributed by atoms with Gasteiger partial charge in [-0.15, -0.1) is 0 Å². The van der Waals surface area contributed by atoms with Crippen LogP contribution in [0.25, 0.3) is 16.8 Å². The smallest absolute Gasteiger partial charge is 0.418 e. The zero-order valence-electron chi connectivity index (χ0n) is 21.2. The van der Waals surface area contributed by atoms with Crippen LogP contribution in [0.15, 0.2) is 43.0 Å². The number of alkyl halides is 4. The molecule has 15 heteroatoms. The molecule has 4 aromatic rings. The van der Waals surface area contributed by atoms with Gasteiger partial charge >= 0.3 is 6.18 Å². The number of nitrogens with one attached hydrogen (secondary N) is 1. The Morgan fingerprint density at radius 1 is 1.23 bits per heavy atom. The van der Waals surface area contributed by atoms with E-state index < -0.39 is 47.2 Å². The Morgan fingerprint density at radius 3 is 2.70 bits per heavy atom. The van der Waals surface area contributed by atoms with E-state index in [-0.39, 0.29) is 47.3 Å². The summed E-state index contributed by atoms with van der Waals surface area (Å²) in [5, 5.41) is 6.50. The third-order valence-corrected chi connectivity index (χ3v) is 6.80. The van der Waals surface area contributed by atoms with E-state index in [4.69, 9.17) is 10.5 Å². The quantitative estimate of drug-likeness (QED) is 0.343. The number of ether oxygens (including phenoxy) is 1. The molecule has 3 N–H and O–H groups in total. The van der Waals surface area contributed by atoms with Gasteiger partial charge in [-0.25, -0.2) is 23.3 Å². The Hall–Kier alpha value is -4.40. The van der Waals surface area contributed by atoms with Crippen LogP contribution < -0.4 is 15.8 Å². The highest BCUT2D eigenvalue weighted by Gasteiger charge is 2.39. The number of nitrogens with zero attached hydrogens (tertiary/aromatic N) is 6. The maximum Gasteiger partial charge on any atom is 0.418 e. The fourth-order valence-corrected chi connectivity index (χ4v) is 4.78. The number of aromatic nitrogens is 5. The molecule has 4 aromatic heterocycles. The fourth-order valence-electron chi connectivity index (χ4n) is 4.78. The summed E-state index contributed by atoms with van der Waals surface area (Å²) in [7, 11) is 1.26. The van der Waals surface area contributed by atoms with E-state index in [1.54, 1.807) is 11.8 Å². The van der Waals surface area contributed by atoms with Crippen LogP contribution in [0.3, 0.4) is 0 Å². The standard InChI is InChI=1S/C25H23F5N8O2/c1-12(20-16(26)4-3-5-32-20)37-9-17(27)18(10-37)36-23(39)14-6-13(8-33-24(14)40-2)19-7-15(25(28,29)30)21-22(31)34-11-35-38(19)21/h3-8,11-12,17-18H,9-10H2,1-2H3,(H,36,39)(H2,31,34,35)/t12?,17-,18+/m0/s1. The minimum atomic E-state index is -4.76. The summed E-state index contributed by atoms with van der Waals surface area (Å²) in [5.41, 5.74) is 4.26. The van der Waals surface area contributed by atoms with Crippen LogP contribution in [-0.4, -0.2) is 67.8 Å². The van der Waals surface area contributed by atoms with Crippen LogP contribution in [0.1, 0.15) is 34.6 Å². The van der Waals surface area contributed by atoms with Crippen molar-refractivity contribution in [1.29, 1.82) is 0 Å². The van der Waals surface area contributed by atoms with Gasteiger partial charge in [0, 0.05) is 31.0 Å². The largest absolute Gasteiger partial charge is 0.480 e. The minimum absolute atomic E-state index is 0.0535. The summed E-state index contributed by atoms with van der Waals surface area (Å²) < 4.78 is 76.6. The molecule has 1 amide bonds. The van der Waals surface area contributed by atoms with Crippen molar-refractivity contribution in [2.75, 3.05) is 25.9 Å². The number of rotatable bonds is 6. The van der Waals surface area contributed by atoms with Gasteiger partial charge in [0.2, 0.25) is 5.88 Å². The molecule has 0 aromatic carbocycles. The van der Waals surface area contributed by atoms with E-state index >= 15 is 0 Å². The first-order valence-corrected chi connectivity index (χ1v) is 12.0. The number of pyridine rings is 2. The monoisotopic (exact) mass is 562 g/mol. The number of nitrogens with two attached hydrogens (primary N) is 1. The summed E-state index contributed by atoms with van der Waals surface area (Å²) in [5.74, 6) is -1.79. The molecule has 1 unspecified atom stereocenters. The normalized spacial score (nSPS) is 18.7. The zero-order valence-corrected chi connectivity index (χ0v) is 21.2. The van der Waals surface area contributed by atoms with Crippen LogP contribution >= 0.6 is 0 Å². The predicted octanol–water partition coefficient (Wildman–Crippen LogP) is 3.45. The molecule has 1 fully saturated rings. The molecule has 210 valence electrons. The van der Waals surface area contributed by atoms with Crippen molar-refractivity contribution in [3.63, 3.8) is 0 Å². The first kappa shape index (κ1) is 27.2. The second-order valence-corrected chi connectivity index (χ2v) is 9.22. The van der Waals surface area contributed by atoms with Crippen molar-refractivity contribution in [2.45, 2.75) is 31.4 Å². The lowest BCUT2D eigenvalue weighted by molar-refractivity contribution is -0.136. The van der Waals surface area contributed by atoms with Gasteiger partial charge in [0.25, 0.3) is 5.91 Å². The van der Waals surface area contributed by atoms with E-state index in [0.29, 0.717) is 0 Å². The van der Waals surface area contributed by atoms with Gasteiger partial charge in [-0.1, -0.05) is 0 Å². The number of methoxy groups -OCH3 is 1. The highest BCUT2D eigenvalue weighted by molar-refractivity contribution is 5.98. The molecule has 5 rings (SSSR count). The maximum absolute atomic E-state index is 15.0. The number of carbonyl (C=O) groups excluding carboxylic acids is 1. The summed E-state index contributed by atoms with van der Waals surface area (Å²) in [4.78, 5) is 26.7. The van der Waals surface area contributed by atoms with Gasteiger partial charge < -0.3 is 15.8 Å². The maximum atomic E-state index is 15.0. The molecule has 0 bridgehead atoms. The molecule has 0 saturated carbocycles. The van der Waals surface area contributed by atoms with Gasteiger partial charge in [0.1, 0.15) is 29.4 Å². The Kier molecular flexibility index (Phi) is 6.99. The third kappa shape index (κ3) is 4.87. The average molecular weight is 563 g/mol. The van der Waals surface area contributed by atoms with Crippen molar-refractivity contribution in [1.82, 2.24) is 34.8 Å². The lowest BCUT2D eigenvalue weighted by atomic mass is 10.1. The third-order valence-electron chi connectivity index (χ3n) is 6.80. The Morgan fingerprint density at radius 2 is 2.00 bits per heavy atom. The molecule has 10 nitrogen and oxygen atoms in total. The highest BCUT2D eigenvalue weighted by Crippen LogP contribution is 2.39. The van der Waals surface area contributed by atoms with E-state index in [0.717, 1.165) is 16.9 Å². The Labute approximate surface area is 224 Å². The fraction of sp³-hybridized carbons (Fsp3) is 0.320. The van der Waals surface area contributed by atoms with E-state index in [2.05, 4.69) is 25.4 Å². The number of anilines is 1. The topological polar surface area (TPSA) is 124 Å². The number of hydrogen-bond acceptors (Lipinski definition) is 8. The number of carbonyl (C=O) groups is 1. The molecule has 1 aliphatic heterocycles. The summed E-state index contributed by atoms with van der Waals surface area (Å²) in [6.45, 7) is 1.68. The highest BCUT2D eigenvalue weighted by atomic mass is 19.4. The van der Waals surface area contributed by atoms with Crippen molar-refractivity contribution in [3.8, 4) is 17.1 Å². The lowest BCUT2D eigenvalue weighted by Crippen LogP contribution is -2.41. The van der Waals surface area contributed by atoms with Crippen molar-refractivity contribution < 1.29 is 31.5 Å². The zero-order chi connectivity index (χ0) is 28.8. The van der Waals surface area contributed by atoms with Crippen LogP contribution in [0.5, 0.6) is 5.88 Å². The Balaban J connectivity index is 1.44. The number of nitrogen functional groups attached to an aromatic ring is 1.